The first-order valence-corrected chi connectivity index (χ1v) is 14.1. The molecule has 3 N–H and O–H groups in total. The first-order valence-electron chi connectivity index (χ1n) is 10.4. The topological polar surface area (TPSA) is 82.2 Å². The SMILES string of the molecule is CC(C)NC(=O)c1cn(COCC[Si](C)(C)C)c2ncc(-c3cccc(N)c3)cc12. The number of carbonyl (C=O) groups excluding carboxylic acids is 1. The number of amides is 1. The van der Waals surface area contributed by atoms with Crippen molar-refractivity contribution in [2.75, 3.05) is 12.3 Å². The number of rotatable bonds is 8. The molecule has 160 valence electrons. The van der Waals surface area contributed by atoms with Crippen LogP contribution < -0.4 is 11.1 Å². The molecule has 1 amide bonds. The average molecular weight is 425 g/mol. The van der Waals surface area contributed by atoms with Gasteiger partial charge in [-0.3, -0.25) is 4.79 Å². The molecule has 0 atom stereocenters. The lowest BCUT2D eigenvalue weighted by Crippen LogP contribution is -2.29. The zero-order chi connectivity index (χ0) is 21.9. The number of anilines is 1. The number of benzene rings is 1. The molecular weight excluding hydrogens is 392 g/mol. The summed E-state index contributed by atoms with van der Waals surface area (Å²) in [6.07, 6.45) is 3.66. The number of carbonyl (C=O) groups is 1. The van der Waals surface area contributed by atoms with Crippen molar-refractivity contribution in [3.8, 4) is 11.1 Å². The van der Waals surface area contributed by atoms with Gasteiger partial charge in [0.05, 0.1) is 5.56 Å². The smallest absolute Gasteiger partial charge is 0.253 e. The number of nitrogens with two attached hydrogens (primary N) is 1. The van der Waals surface area contributed by atoms with Crippen LogP contribution in [0.2, 0.25) is 25.7 Å². The number of hydrogen-bond acceptors (Lipinski definition) is 4. The summed E-state index contributed by atoms with van der Waals surface area (Å²) in [6.45, 7) is 12.0. The van der Waals surface area contributed by atoms with Crippen molar-refractivity contribution in [3.63, 3.8) is 0 Å². The van der Waals surface area contributed by atoms with E-state index < -0.39 is 8.07 Å². The third-order valence-corrected chi connectivity index (χ3v) is 6.53. The molecule has 0 bridgehead atoms. The highest BCUT2D eigenvalue weighted by Crippen LogP contribution is 2.27. The fourth-order valence-corrected chi connectivity index (χ4v) is 3.96. The van der Waals surface area contributed by atoms with Crippen LogP contribution >= 0.6 is 0 Å². The highest BCUT2D eigenvalue weighted by atomic mass is 28.3. The third kappa shape index (κ3) is 5.49. The van der Waals surface area contributed by atoms with Crippen LogP contribution in [0.25, 0.3) is 22.2 Å². The van der Waals surface area contributed by atoms with Gasteiger partial charge in [-0.05, 0) is 43.7 Å². The van der Waals surface area contributed by atoms with E-state index in [9.17, 15) is 4.79 Å². The second kappa shape index (κ2) is 9.02. The van der Waals surface area contributed by atoms with Gasteiger partial charge in [0.25, 0.3) is 5.91 Å². The number of pyridine rings is 1. The van der Waals surface area contributed by atoms with Crippen molar-refractivity contribution in [2.24, 2.45) is 0 Å². The van der Waals surface area contributed by atoms with Crippen molar-refractivity contribution in [1.29, 1.82) is 0 Å². The zero-order valence-corrected chi connectivity index (χ0v) is 19.5. The molecule has 0 fully saturated rings. The number of aromatic nitrogens is 2. The molecule has 30 heavy (non-hydrogen) atoms. The van der Waals surface area contributed by atoms with E-state index in [4.69, 9.17) is 10.5 Å². The quantitative estimate of drug-likeness (QED) is 0.311. The molecule has 0 aliphatic carbocycles. The third-order valence-electron chi connectivity index (χ3n) is 4.82. The Morgan fingerprint density at radius 2 is 2.00 bits per heavy atom. The van der Waals surface area contributed by atoms with Gasteiger partial charge in [-0.1, -0.05) is 31.8 Å². The Morgan fingerprint density at radius 1 is 1.23 bits per heavy atom. The first-order chi connectivity index (χ1) is 14.1. The van der Waals surface area contributed by atoms with E-state index in [-0.39, 0.29) is 11.9 Å². The van der Waals surface area contributed by atoms with Gasteiger partial charge in [-0.25, -0.2) is 4.98 Å². The summed E-state index contributed by atoms with van der Waals surface area (Å²) in [5, 5.41) is 3.79. The first kappa shape index (κ1) is 22.1. The van der Waals surface area contributed by atoms with E-state index in [1.54, 1.807) is 0 Å². The van der Waals surface area contributed by atoms with Gasteiger partial charge in [-0.15, -0.1) is 0 Å². The van der Waals surface area contributed by atoms with E-state index in [0.29, 0.717) is 24.6 Å². The second-order valence-corrected chi connectivity index (χ2v) is 14.8. The highest BCUT2D eigenvalue weighted by Gasteiger charge is 2.18. The number of nitrogens with one attached hydrogen (secondary N) is 1. The largest absolute Gasteiger partial charge is 0.399 e. The Hall–Kier alpha value is -2.64. The van der Waals surface area contributed by atoms with Gasteiger partial charge in [0.1, 0.15) is 12.4 Å². The van der Waals surface area contributed by atoms with Crippen LogP contribution in [0.15, 0.2) is 42.7 Å². The van der Waals surface area contributed by atoms with Crippen molar-refractivity contribution in [2.45, 2.75) is 52.3 Å². The van der Waals surface area contributed by atoms with Crippen molar-refractivity contribution in [1.82, 2.24) is 14.9 Å². The minimum Gasteiger partial charge on any atom is -0.399 e. The van der Waals surface area contributed by atoms with Gasteiger partial charge in [0, 0.05) is 49.8 Å². The van der Waals surface area contributed by atoms with Gasteiger partial charge in [0.15, 0.2) is 0 Å². The predicted octanol–water partition coefficient (Wildman–Crippen LogP) is 4.74. The molecule has 3 rings (SSSR count). The minimum atomic E-state index is -1.15. The number of nitrogen functional groups attached to an aromatic ring is 1. The summed E-state index contributed by atoms with van der Waals surface area (Å²) >= 11 is 0. The number of ether oxygens (including phenoxy) is 1. The summed E-state index contributed by atoms with van der Waals surface area (Å²) in [5.74, 6) is -0.109. The maximum Gasteiger partial charge on any atom is 0.253 e. The summed E-state index contributed by atoms with van der Waals surface area (Å²) in [7, 11) is -1.15. The molecule has 7 heteroatoms. The van der Waals surface area contributed by atoms with Crippen LogP contribution in [0.5, 0.6) is 0 Å². The normalized spacial score (nSPS) is 11.9. The van der Waals surface area contributed by atoms with Crippen LogP contribution in [-0.4, -0.2) is 36.2 Å². The molecule has 6 nitrogen and oxygen atoms in total. The Balaban J connectivity index is 1.96. The molecule has 0 saturated heterocycles. The number of hydrogen-bond donors (Lipinski definition) is 2. The lowest BCUT2D eigenvalue weighted by molar-refractivity contribution is 0.0890. The molecule has 0 radical (unpaired) electrons. The number of nitrogens with zero attached hydrogens (tertiary/aromatic N) is 2. The van der Waals surface area contributed by atoms with E-state index >= 15 is 0 Å². The van der Waals surface area contributed by atoms with Gasteiger partial charge < -0.3 is 20.4 Å². The molecular formula is C23H32N4O2Si. The van der Waals surface area contributed by atoms with Crippen LogP contribution in [0.1, 0.15) is 24.2 Å². The van der Waals surface area contributed by atoms with E-state index in [1.807, 2.05) is 61.1 Å². The molecule has 0 aliphatic rings. The molecule has 0 saturated carbocycles. The Bertz CT molecular complexity index is 1040. The van der Waals surface area contributed by atoms with Crippen molar-refractivity contribution < 1.29 is 9.53 Å². The van der Waals surface area contributed by atoms with Crippen molar-refractivity contribution in [3.05, 3.63) is 48.3 Å². The Labute approximate surface area is 179 Å². The van der Waals surface area contributed by atoms with Gasteiger partial charge in [0.2, 0.25) is 0 Å². The maximum absolute atomic E-state index is 12.8. The van der Waals surface area contributed by atoms with Crippen molar-refractivity contribution >= 4 is 30.7 Å². The zero-order valence-electron chi connectivity index (χ0n) is 18.5. The van der Waals surface area contributed by atoms with Crippen LogP contribution in [-0.2, 0) is 11.5 Å². The Kier molecular flexibility index (Phi) is 6.63. The summed E-state index contributed by atoms with van der Waals surface area (Å²) < 4.78 is 7.83. The summed E-state index contributed by atoms with van der Waals surface area (Å²) in [5.41, 5.74) is 9.87. The molecule has 0 aliphatic heterocycles. The van der Waals surface area contributed by atoms with E-state index in [2.05, 4.69) is 29.9 Å². The lowest BCUT2D eigenvalue weighted by Gasteiger charge is -2.15. The molecule has 1 aromatic carbocycles. The van der Waals surface area contributed by atoms with E-state index in [1.165, 1.54) is 0 Å². The molecule has 2 heterocycles. The summed E-state index contributed by atoms with van der Waals surface area (Å²) in [6, 6.07) is 10.8. The van der Waals surface area contributed by atoms with Gasteiger partial charge in [-0.2, -0.15) is 0 Å². The van der Waals surface area contributed by atoms with E-state index in [0.717, 1.165) is 28.2 Å². The van der Waals surface area contributed by atoms with Crippen LogP contribution in [0, 0.1) is 0 Å². The molecule has 0 spiro atoms. The molecule has 3 aromatic rings. The molecule has 2 aromatic heterocycles. The molecule has 0 unspecified atom stereocenters. The Morgan fingerprint density at radius 3 is 2.67 bits per heavy atom. The average Bonchev–Trinajstić information content (AvgIpc) is 3.02. The number of fused-ring (bicyclic) bond motifs is 1. The standard InChI is InChI=1S/C23H32N4O2Si/c1-16(2)26-23(28)21-14-27(15-29-9-10-30(3,4)5)22-20(21)12-18(13-25-22)17-7-6-8-19(24)11-17/h6-8,11-14,16H,9-10,15,24H2,1-5H3,(H,26,28). The fourth-order valence-electron chi connectivity index (χ4n) is 3.21. The predicted molar refractivity (Wildman–Crippen MR) is 126 cm³/mol. The fraction of sp³-hybridized carbons (Fsp3) is 0.391. The maximum atomic E-state index is 12.8. The lowest BCUT2D eigenvalue weighted by atomic mass is 10.0. The second-order valence-electron chi connectivity index (χ2n) is 9.21. The minimum absolute atomic E-state index is 0.0500. The summed E-state index contributed by atoms with van der Waals surface area (Å²) in [4.78, 5) is 17.5. The monoisotopic (exact) mass is 424 g/mol. The van der Waals surface area contributed by atoms with Crippen LogP contribution in [0.4, 0.5) is 5.69 Å². The highest BCUT2D eigenvalue weighted by molar-refractivity contribution is 6.76. The van der Waals surface area contributed by atoms with Crippen LogP contribution in [0.3, 0.4) is 0 Å². The van der Waals surface area contributed by atoms with Gasteiger partial charge >= 0.3 is 0 Å².